The first kappa shape index (κ1) is 19.3. The lowest BCUT2D eigenvalue weighted by Gasteiger charge is -2.17. The van der Waals surface area contributed by atoms with Crippen molar-refractivity contribution in [3.8, 4) is 0 Å². The summed E-state index contributed by atoms with van der Waals surface area (Å²) in [4.78, 5) is 24.1. The normalized spacial score (nSPS) is 11.7. The molecule has 0 aliphatic rings. The molecule has 132 valence electrons. The predicted molar refractivity (Wildman–Crippen MR) is 96.9 cm³/mol. The molecule has 0 unspecified atom stereocenters. The molecule has 0 aliphatic carbocycles. The molecule has 0 spiro atoms. The monoisotopic (exact) mass is 459 g/mol. The van der Waals surface area contributed by atoms with Crippen LogP contribution in [0.25, 0.3) is 0 Å². The van der Waals surface area contributed by atoms with E-state index in [0.717, 1.165) is 21.3 Å². The summed E-state index contributed by atoms with van der Waals surface area (Å²) in [7, 11) is 1.21. The minimum absolute atomic E-state index is 0.217. The van der Waals surface area contributed by atoms with Crippen LogP contribution in [0.3, 0.4) is 0 Å². The predicted octanol–water partition coefficient (Wildman–Crippen LogP) is 3.01. The highest BCUT2D eigenvalue weighted by Gasteiger charge is 2.23. The van der Waals surface area contributed by atoms with Crippen LogP contribution in [-0.2, 0) is 27.2 Å². The number of hydrogen-bond donors (Lipinski definition) is 1. The number of methoxy groups -OCH3 is 1. The summed E-state index contributed by atoms with van der Waals surface area (Å²) in [5.74, 6) is -2.89. The van der Waals surface area contributed by atoms with E-state index in [1.54, 1.807) is 0 Å². The van der Waals surface area contributed by atoms with E-state index in [4.69, 9.17) is 4.74 Å². The Hall–Kier alpha value is -2.03. The molecule has 4 nitrogen and oxygen atoms in total. The molecule has 0 saturated heterocycles. The molecule has 2 rings (SSSR count). The average Bonchev–Trinajstić information content (AvgIpc) is 2.59. The van der Waals surface area contributed by atoms with Gasteiger partial charge in [-0.25, -0.2) is 13.6 Å². The Bertz CT molecular complexity index is 745. The van der Waals surface area contributed by atoms with E-state index >= 15 is 0 Å². The van der Waals surface area contributed by atoms with E-state index in [9.17, 15) is 18.4 Å². The van der Waals surface area contributed by atoms with Gasteiger partial charge in [0.15, 0.2) is 0 Å². The molecule has 2 aromatic rings. The van der Waals surface area contributed by atoms with Gasteiger partial charge in [-0.05, 0) is 52.4 Å². The molecule has 7 heteroatoms. The standard InChI is InChI=1S/C18H16F2INO3/c1-25-18(24)16(9-11-5-7-12(21)8-6-11)22-17(23)10-13-14(19)3-2-4-15(13)20/h2-8,16H,9-10H2,1H3,(H,22,23)/t16-/m1/s1. The van der Waals surface area contributed by atoms with E-state index in [1.807, 2.05) is 24.3 Å². The summed E-state index contributed by atoms with van der Waals surface area (Å²) in [6.07, 6.45) is -0.284. The van der Waals surface area contributed by atoms with E-state index < -0.39 is 36.0 Å². The van der Waals surface area contributed by atoms with Gasteiger partial charge in [0.25, 0.3) is 0 Å². The second kappa shape index (κ2) is 8.89. The summed E-state index contributed by atoms with van der Waals surface area (Å²) in [5, 5.41) is 2.49. The number of benzene rings is 2. The number of ether oxygens (including phenoxy) is 1. The van der Waals surface area contributed by atoms with Crippen molar-refractivity contribution in [2.75, 3.05) is 7.11 Å². The van der Waals surface area contributed by atoms with Crippen molar-refractivity contribution in [2.24, 2.45) is 0 Å². The maximum absolute atomic E-state index is 13.6. The molecule has 1 amide bonds. The minimum atomic E-state index is -0.938. The van der Waals surface area contributed by atoms with Gasteiger partial charge in [-0.15, -0.1) is 0 Å². The lowest BCUT2D eigenvalue weighted by molar-refractivity contribution is -0.145. The minimum Gasteiger partial charge on any atom is -0.467 e. The quantitative estimate of drug-likeness (QED) is 0.534. The van der Waals surface area contributed by atoms with Crippen LogP contribution in [0.1, 0.15) is 11.1 Å². The fraction of sp³-hybridized carbons (Fsp3) is 0.222. The summed E-state index contributed by atoms with van der Waals surface area (Å²) < 4.78 is 33.0. The summed E-state index contributed by atoms with van der Waals surface area (Å²) >= 11 is 2.16. The molecule has 0 aliphatic heterocycles. The lowest BCUT2D eigenvalue weighted by atomic mass is 10.0. The Kier molecular flexibility index (Phi) is 6.86. The summed E-state index contributed by atoms with van der Waals surface area (Å²) in [5.41, 5.74) is 0.492. The van der Waals surface area contributed by atoms with Crippen LogP contribution in [0.2, 0.25) is 0 Å². The zero-order valence-corrected chi connectivity index (χ0v) is 15.5. The molecular formula is C18H16F2INO3. The molecule has 0 radical (unpaired) electrons. The Balaban J connectivity index is 2.09. The van der Waals surface area contributed by atoms with Gasteiger partial charge in [-0.1, -0.05) is 18.2 Å². The van der Waals surface area contributed by atoms with Crippen LogP contribution < -0.4 is 5.32 Å². The molecule has 1 N–H and O–H groups in total. The van der Waals surface area contributed by atoms with Gasteiger partial charge in [0, 0.05) is 15.6 Å². The summed E-state index contributed by atoms with van der Waals surface area (Å²) in [6.45, 7) is 0. The molecular weight excluding hydrogens is 443 g/mol. The average molecular weight is 459 g/mol. The molecule has 0 bridgehead atoms. The smallest absolute Gasteiger partial charge is 0.328 e. The zero-order chi connectivity index (χ0) is 18.4. The second-order valence-electron chi connectivity index (χ2n) is 5.35. The van der Waals surface area contributed by atoms with Gasteiger partial charge >= 0.3 is 5.97 Å². The van der Waals surface area contributed by atoms with Crippen molar-refractivity contribution in [3.05, 3.63) is 68.8 Å². The fourth-order valence-corrected chi connectivity index (χ4v) is 2.66. The molecule has 0 heterocycles. The Morgan fingerprint density at radius 3 is 2.28 bits per heavy atom. The van der Waals surface area contributed by atoms with Crippen molar-refractivity contribution in [1.29, 1.82) is 0 Å². The first-order valence-corrected chi connectivity index (χ1v) is 8.53. The van der Waals surface area contributed by atoms with E-state index in [-0.39, 0.29) is 12.0 Å². The number of rotatable bonds is 6. The van der Waals surface area contributed by atoms with Crippen LogP contribution in [-0.4, -0.2) is 25.0 Å². The maximum atomic E-state index is 13.6. The maximum Gasteiger partial charge on any atom is 0.328 e. The topological polar surface area (TPSA) is 55.4 Å². The van der Waals surface area contributed by atoms with Crippen molar-refractivity contribution >= 4 is 34.5 Å². The lowest BCUT2D eigenvalue weighted by Crippen LogP contribution is -2.43. The Labute approximate surface area is 157 Å². The Morgan fingerprint density at radius 1 is 1.12 bits per heavy atom. The number of hydrogen-bond acceptors (Lipinski definition) is 3. The van der Waals surface area contributed by atoms with Crippen LogP contribution in [0, 0.1) is 15.2 Å². The number of esters is 1. The van der Waals surface area contributed by atoms with Gasteiger partial charge in [-0.3, -0.25) is 4.79 Å². The van der Waals surface area contributed by atoms with E-state index in [0.29, 0.717) is 0 Å². The van der Waals surface area contributed by atoms with Gasteiger partial charge in [0.05, 0.1) is 13.5 Å². The van der Waals surface area contributed by atoms with Crippen LogP contribution >= 0.6 is 22.6 Å². The second-order valence-corrected chi connectivity index (χ2v) is 6.60. The highest BCUT2D eigenvalue weighted by atomic mass is 127. The Morgan fingerprint density at radius 2 is 1.72 bits per heavy atom. The van der Waals surface area contributed by atoms with Crippen molar-refractivity contribution in [3.63, 3.8) is 0 Å². The SMILES string of the molecule is COC(=O)[C@@H](Cc1ccc(I)cc1)NC(=O)Cc1c(F)cccc1F. The van der Waals surface area contributed by atoms with Crippen molar-refractivity contribution in [1.82, 2.24) is 5.32 Å². The first-order valence-electron chi connectivity index (χ1n) is 7.45. The highest BCUT2D eigenvalue weighted by Crippen LogP contribution is 2.13. The van der Waals surface area contributed by atoms with E-state index in [1.165, 1.54) is 13.2 Å². The van der Waals surface area contributed by atoms with Crippen LogP contribution in [0.15, 0.2) is 42.5 Å². The fourth-order valence-electron chi connectivity index (χ4n) is 2.30. The first-order chi connectivity index (χ1) is 11.9. The molecule has 2 aromatic carbocycles. The highest BCUT2D eigenvalue weighted by molar-refractivity contribution is 14.1. The van der Waals surface area contributed by atoms with Crippen LogP contribution in [0.4, 0.5) is 8.78 Å². The number of halogens is 3. The largest absolute Gasteiger partial charge is 0.467 e. The van der Waals surface area contributed by atoms with E-state index in [2.05, 4.69) is 27.9 Å². The summed E-state index contributed by atoms with van der Waals surface area (Å²) in [6, 6.07) is 9.86. The third-order valence-corrected chi connectivity index (χ3v) is 4.29. The number of carbonyl (C=O) groups is 2. The van der Waals surface area contributed by atoms with Crippen molar-refractivity contribution in [2.45, 2.75) is 18.9 Å². The molecule has 0 fully saturated rings. The van der Waals surface area contributed by atoms with Gasteiger partial charge < -0.3 is 10.1 Å². The third kappa shape index (κ3) is 5.48. The van der Waals surface area contributed by atoms with Gasteiger partial charge in [0.2, 0.25) is 5.91 Å². The molecule has 0 aromatic heterocycles. The number of nitrogens with one attached hydrogen (secondary N) is 1. The zero-order valence-electron chi connectivity index (χ0n) is 13.4. The molecule has 0 saturated carbocycles. The molecule has 1 atom stereocenters. The number of amides is 1. The van der Waals surface area contributed by atoms with Crippen LogP contribution in [0.5, 0.6) is 0 Å². The van der Waals surface area contributed by atoms with Gasteiger partial charge in [0.1, 0.15) is 17.7 Å². The number of carbonyl (C=O) groups excluding carboxylic acids is 2. The van der Waals surface area contributed by atoms with Gasteiger partial charge in [-0.2, -0.15) is 0 Å². The third-order valence-electron chi connectivity index (χ3n) is 3.57. The van der Waals surface area contributed by atoms with Crippen molar-refractivity contribution < 1.29 is 23.1 Å². The molecule has 25 heavy (non-hydrogen) atoms.